The van der Waals surface area contributed by atoms with Gasteiger partial charge in [0, 0.05) is 24.7 Å². The Morgan fingerprint density at radius 3 is 2.07 bits per heavy atom. The van der Waals surface area contributed by atoms with Crippen molar-refractivity contribution in [3.8, 4) is 5.69 Å². The number of aliphatic hydroxyl groups is 1. The van der Waals surface area contributed by atoms with Crippen LogP contribution in [-0.2, 0) is 32.4 Å². The number of hydrogen-bond donors (Lipinski definition) is 2. The van der Waals surface area contributed by atoms with Gasteiger partial charge in [-0.15, -0.1) is 0 Å². The number of aliphatic hydroxyl groups excluding tert-OH is 1. The van der Waals surface area contributed by atoms with E-state index in [-0.39, 0.29) is 22.9 Å². The average molecular weight is 586 g/mol. The summed E-state index contributed by atoms with van der Waals surface area (Å²) in [6.45, 7) is 1.91. The van der Waals surface area contributed by atoms with E-state index in [4.69, 9.17) is 9.88 Å². The van der Waals surface area contributed by atoms with Crippen LogP contribution in [0.15, 0.2) is 114 Å². The van der Waals surface area contributed by atoms with Crippen LogP contribution in [0.5, 0.6) is 0 Å². The van der Waals surface area contributed by atoms with Crippen LogP contribution in [-0.4, -0.2) is 34.6 Å². The van der Waals surface area contributed by atoms with Gasteiger partial charge in [-0.25, -0.2) is 23.3 Å². The van der Waals surface area contributed by atoms with Crippen molar-refractivity contribution in [1.29, 1.82) is 0 Å². The molecule has 3 N–H and O–H groups in total. The van der Waals surface area contributed by atoms with Crippen molar-refractivity contribution in [2.45, 2.75) is 62.1 Å². The fourth-order valence-electron chi connectivity index (χ4n) is 5.85. The molecule has 0 aliphatic carbocycles. The quantitative estimate of drug-likeness (QED) is 0.215. The zero-order valence-electron chi connectivity index (χ0n) is 23.5. The van der Waals surface area contributed by atoms with Gasteiger partial charge < -0.3 is 9.84 Å². The zero-order valence-corrected chi connectivity index (χ0v) is 24.3. The number of rotatable bonds is 11. The van der Waals surface area contributed by atoms with E-state index >= 15 is 0 Å². The van der Waals surface area contributed by atoms with Gasteiger partial charge in [0.1, 0.15) is 11.4 Å². The van der Waals surface area contributed by atoms with Crippen molar-refractivity contribution < 1.29 is 23.1 Å². The first-order valence-electron chi connectivity index (χ1n) is 14.1. The Bertz CT molecular complexity index is 1640. The second kappa shape index (κ2) is 12.3. The first-order chi connectivity index (χ1) is 20.2. The molecule has 0 fully saturated rings. The molecule has 0 saturated heterocycles. The molecule has 9 heteroatoms. The number of para-hydroxylation sites is 1. The zero-order chi connectivity index (χ0) is 29.7. The number of nitrogens with zero attached hydrogens (tertiary/aromatic N) is 2. The highest BCUT2D eigenvalue weighted by molar-refractivity contribution is 7.89. The molecular formula is C33H35N3O5S. The topological polar surface area (TPSA) is 125 Å². The number of hydrogen-bond acceptors (Lipinski definition) is 6. The van der Waals surface area contributed by atoms with Gasteiger partial charge in [0.2, 0.25) is 5.16 Å². The molecule has 8 nitrogen and oxygen atoms in total. The van der Waals surface area contributed by atoms with Crippen LogP contribution in [0.4, 0.5) is 0 Å². The Labute approximate surface area is 246 Å². The number of carbonyl (C=O) groups excluding carboxylic acids is 1. The molecule has 1 unspecified atom stereocenters. The highest BCUT2D eigenvalue weighted by Gasteiger charge is 2.43. The number of sulfonamides is 1. The number of nitrogens with two attached hydrogens (primary N) is 1. The summed E-state index contributed by atoms with van der Waals surface area (Å²) in [7, 11) is -4.11. The van der Waals surface area contributed by atoms with E-state index in [1.54, 1.807) is 12.1 Å². The predicted octanol–water partition coefficient (Wildman–Crippen LogP) is 5.78. The van der Waals surface area contributed by atoms with E-state index in [0.717, 1.165) is 11.1 Å². The maximum atomic E-state index is 13.9. The molecule has 5 rings (SSSR count). The lowest BCUT2D eigenvalue weighted by Crippen LogP contribution is -2.42. The smallest absolute Gasteiger partial charge is 0.338 e. The molecule has 1 aromatic heterocycles. The Hall–Kier alpha value is -4.21. The van der Waals surface area contributed by atoms with Crippen LogP contribution in [0.1, 0.15) is 55.2 Å². The van der Waals surface area contributed by atoms with Crippen molar-refractivity contribution >= 4 is 16.0 Å². The minimum Gasteiger partial charge on any atom is -0.512 e. The minimum absolute atomic E-state index is 0.00586. The summed E-state index contributed by atoms with van der Waals surface area (Å²) < 4.78 is 32.1. The van der Waals surface area contributed by atoms with Crippen LogP contribution >= 0.6 is 0 Å². The predicted molar refractivity (Wildman–Crippen MR) is 161 cm³/mol. The molecule has 1 aliphatic heterocycles. The van der Waals surface area contributed by atoms with Crippen molar-refractivity contribution in [1.82, 2.24) is 9.55 Å². The average Bonchev–Trinajstić information content (AvgIpc) is 3.49. The minimum atomic E-state index is -4.11. The maximum absolute atomic E-state index is 13.9. The normalized spacial score (nSPS) is 15.8. The number of cyclic esters (lactones) is 1. The number of primary sulfonamides is 1. The fourth-order valence-corrected chi connectivity index (χ4v) is 6.49. The van der Waals surface area contributed by atoms with Gasteiger partial charge in [-0.1, -0.05) is 85.8 Å². The molecule has 0 spiro atoms. The van der Waals surface area contributed by atoms with Crippen LogP contribution in [0.2, 0.25) is 0 Å². The van der Waals surface area contributed by atoms with Crippen molar-refractivity contribution in [2.75, 3.05) is 0 Å². The van der Waals surface area contributed by atoms with E-state index in [0.29, 0.717) is 43.4 Å². The molecule has 4 aromatic rings. The van der Waals surface area contributed by atoms with Crippen LogP contribution in [0, 0.1) is 0 Å². The van der Waals surface area contributed by atoms with Gasteiger partial charge >= 0.3 is 5.97 Å². The molecule has 42 heavy (non-hydrogen) atoms. The van der Waals surface area contributed by atoms with Crippen molar-refractivity contribution in [3.05, 3.63) is 125 Å². The summed E-state index contributed by atoms with van der Waals surface area (Å²) in [5.74, 6) is -1.10. The number of imidazole rings is 1. The third-order valence-electron chi connectivity index (χ3n) is 7.94. The summed E-state index contributed by atoms with van der Waals surface area (Å²) in [5, 5.41) is 16.7. The molecule has 0 bridgehead atoms. The SMILES string of the molecule is CCC(C1=C(O)CC(CCc2ccccc2)(CCc2ccccc2)OC1=O)c1ccccc1-n1ccnc1S(N)(=O)=O. The molecule has 0 saturated carbocycles. The number of aromatic nitrogens is 2. The Morgan fingerprint density at radius 2 is 1.52 bits per heavy atom. The number of ether oxygens (including phenoxy) is 1. The van der Waals surface area contributed by atoms with Crippen molar-refractivity contribution in [3.63, 3.8) is 0 Å². The van der Waals surface area contributed by atoms with Crippen LogP contribution in [0.25, 0.3) is 5.69 Å². The highest BCUT2D eigenvalue weighted by atomic mass is 32.2. The Balaban J connectivity index is 1.51. The standard InChI is InChI=1S/C33H35N3O5S/c1-2-26(27-15-9-10-16-28(27)36-22-21-35-32(36)42(34,39)40)30-29(37)23-33(41-31(30)38,19-17-24-11-5-3-6-12-24)20-18-25-13-7-4-8-14-25/h3-16,21-22,26,37H,2,17-20,23H2,1H3,(H2,34,39,40). The summed E-state index contributed by atoms with van der Waals surface area (Å²) >= 11 is 0. The molecule has 3 aromatic carbocycles. The number of esters is 1. The Kier molecular flexibility index (Phi) is 8.61. The van der Waals surface area contributed by atoms with Gasteiger partial charge in [0.05, 0.1) is 11.3 Å². The molecule has 2 heterocycles. The van der Waals surface area contributed by atoms with E-state index < -0.39 is 27.5 Å². The Morgan fingerprint density at radius 1 is 0.952 bits per heavy atom. The van der Waals surface area contributed by atoms with Crippen LogP contribution in [0.3, 0.4) is 0 Å². The van der Waals surface area contributed by atoms with Gasteiger partial charge in [0.15, 0.2) is 0 Å². The third kappa shape index (κ3) is 6.32. The molecule has 218 valence electrons. The van der Waals surface area contributed by atoms with Gasteiger partial charge in [-0.2, -0.15) is 0 Å². The van der Waals surface area contributed by atoms with E-state index in [1.807, 2.05) is 79.7 Å². The number of benzene rings is 3. The van der Waals surface area contributed by atoms with Crippen LogP contribution < -0.4 is 5.14 Å². The second-order valence-electron chi connectivity index (χ2n) is 10.7. The summed E-state index contributed by atoms with van der Waals surface area (Å²) in [4.78, 5) is 17.8. The molecule has 1 atom stereocenters. The number of carbonyl (C=O) groups is 1. The van der Waals surface area contributed by atoms with E-state index in [9.17, 15) is 18.3 Å². The van der Waals surface area contributed by atoms with E-state index in [2.05, 4.69) is 4.98 Å². The molecule has 0 radical (unpaired) electrons. The molecule has 0 amide bonds. The fraction of sp³-hybridized carbons (Fsp3) is 0.273. The monoisotopic (exact) mass is 585 g/mol. The largest absolute Gasteiger partial charge is 0.512 e. The number of aryl methyl sites for hydroxylation is 2. The maximum Gasteiger partial charge on any atom is 0.338 e. The summed E-state index contributed by atoms with van der Waals surface area (Å²) in [6.07, 6.45) is 6.05. The lowest BCUT2D eigenvalue weighted by molar-refractivity contribution is -0.161. The summed E-state index contributed by atoms with van der Waals surface area (Å²) in [5.41, 5.74) is 2.74. The van der Waals surface area contributed by atoms with Gasteiger partial charge in [-0.05, 0) is 54.9 Å². The molecular weight excluding hydrogens is 550 g/mol. The molecule has 1 aliphatic rings. The second-order valence-corrected chi connectivity index (χ2v) is 12.2. The third-order valence-corrected chi connectivity index (χ3v) is 8.75. The van der Waals surface area contributed by atoms with Gasteiger partial charge in [0.25, 0.3) is 10.0 Å². The van der Waals surface area contributed by atoms with Gasteiger partial charge in [-0.3, -0.25) is 4.57 Å². The lowest BCUT2D eigenvalue weighted by Gasteiger charge is -2.39. The van der Waals surface area contributed by atoms with E-state index in [1.165, 1.54) is 17.0 Å². The van der Waals surface area contributed by atoms with Crippen molar-refractivity contribution in [2.24, 2.45) is 5.14 Å². The lowest BCUT2D eigenvalue weighted by atomic mass is 9.79. The first kappa shape index (κ1) is 29.3. The first-order valence-corrected chi connectivity index (χ1v) is 15.6. The summed E-state index contributed by atoms with van der Waals surface area (Å²) in [6, 6.07) is 27.2. The highest BCUT2D eigenvalue weighted by Crippen LogP contribution is 2.43.